The van der Waals surface area contributed by atoms with Gasteiger partial charge in [0.2, 0.25) is 9.76 Å². The van der Waals surface area contributed by atoms with Crippen LogP contribution < -0.4 is 5.73 Å². The predicted molar refractivity (Wildman–Crippen MR) is 142 cm³/mol. The van der Waals surface area contributed by atoms with Crippen LogP contribution in [0.4, 0.5) is 0 Å². The fraction of sp³-hybridized carbons (Fsp3) is 0.296. The van der Waals surface area contributed by atoms with Crippen LogP contribution in [0.15, 0.2) is 78.0 Å². The molecule has 2 heterocycles. The standard InChI is InChI=1S/C27H31N3O3SSi/c1-26(2,3)35-33-27(4,5)21-15-23-24(20-11-9-10-19(14-20)16-28)18-30(25(23)29-17-21)34(31,32)22-12-7-6-8-13-22/h6-15,17-18H,16,28H2,1-5H3. The first kappa shape index (κ1) is 25.3. The SMILES string of the molecule is CC(C)(C)[Si]OC(C)(C)c1cnc2c(c1)c(-c1cccc(CN)c1)cn2S(=O)(=O)c1ccccc1. The van der Waals surface area contributed by atoms with E-state index < -0.39 is 15.6 Å². The second-order valence-corrected chi connectivity index (χ2v) is 13.8. The molecule has 0 amide bonds. The summed E-state index contributed by atoms with van der Waals surface area (Å²) in [6.07, 6.45) is 3.37. The number of rotatable bonds is 7. The minimum Gasteiger partial charge on any atom is -0.408 e. The Bertz CT molecular complexity index is 1460. The van der Waals surface area contributed by atoms with Gasteiger partial charge in [0, 0.05) is 35.5 Å². The van der Waals surface area contributed by atoms with E-state index in [1.807, 2.05) is 44.2 Å². The number of fused-ring (bicyclic) bond motifs is 1. The molecule has 8 heteroatoms. The van der Waals surface area contributed by atoms with Crippen molar-refractivity contribution in [3.63, 3.8) is 0 Å². The van der Waals surface area contributed by atoms with Crippen LogP contribution in [0.2, 0.25) is 5.04 Å². The van der Waals surface area contributed by atoms with E-state index in [-0.39, 0.29) is 9.93 Å². The summed E-state index contributed by atoms with van der Waals surface area (Å²) in [5, 5.41) is 0.780. The maximum atomic E-state index is 13.6. The number of hydrogen-bond donors (Lipinski definition) is 1. The smallest absolute Gasteiger partial charge is 0.269 e. The molecule has 0 saturated carbocycles. The van der Waals surface area contributed by atoms with Crippen LogP contribution in [0.1, 0.15) is 45.7 Å². The lowest BCUT2D eigenvalue weighted by molar-refractivity contribution is 0.109. The Balaban J connectivity index is 1.93. The highest BCUT2D eigenvalue weighted by Gasteiger charge is 2.28. The van der Waals surface area contributed by atoms with E-state index in [4.69, 9.17) is 10.2 Å². The number of hydrogen-bond acceptors (Lipinski definition) is 5. The molecule has 0 aliphatic carbocycles. The molecule has 0 aliphatic rings. The van der Waals surface area contributed by atoms with Crippen LogP contribution in [0.3, 0.4) is 0 Å². The lowest BCUT2D eigenvalue weighted by atomic mass is 9.97. The molecule has 2 aromatic heterocycles. The van der Waals surface area contributed by atoms with E-state index in [1.165, 1.54) is 3.97 Å². The summed E-state index contributed by atoms with van der Waals surface area (Å²) in [7, 11) is -3.55. The average Bonchev–Trinajstić information content (AvgIpc) is 3.23. The third kappa shape index (κ3) is 5.25. The van der Waals surface area contributed by atoms with Gasteiger partial charge in [0.1, 0.15) is 0 Å². The summed E-state index contributed by atoms with van der Waals surface area (Å²) in [5.41, 5.74) is 9.17. The van der Waals surface area contributed by atoms with E-state index in [9.17, 15) is 8.42 Å². The quantitative estimate of drug-likeness (QED) is 0.336. The topological polar surface area (TPSA) is 87.2 Å². The molecule has 0 fully saturated rings. The van der Waals surface area contributed by atoms with Crippen molar-refractivity contribution >= 4 is 30.8 Å². The Morgan fingerprint density at radius 3 is 2.37 bits per heavy atom. The molecule has 0 atom stereocenters. The highest BCUT2D eigenvalue weighted by molar-refractivity contribution is 7.90. The number of pyridine rings is 1. The van der Waals surface area contributed by atoms with Crippen molar-refractivity contribution < 1.29 is 12.8 Å². The van der Waals surface area contributed by atoms with Crippen molar-refractivity contribution in [3.05, 3.63) is 84.2 Å². The van der Waals surface area contributed by atoms with Gasteiger partial charge in [-0.05, 0) is 54.3 Å². The first-order chi connectivity index (χ1) is 16.4. The molecule has 0 unspecified atom stereocenters. The van der Waals surface area contributed by atoms with Gasteiger partial charge < -0.3 is 10.2 Å². The number of nitrogens with zero attached hydrogens (tertiary/aromatic N) is 2. The van der Waals surface area contributed by atoms with Gasteiger partial charge in [-0.1, -0.05) is 57.2 Å². The molecule has 0 saturated heterocycles. The number of nitrogens with two attached hydrogens (primary N) is 1. The molecule has 4 aromatic rings. The van der Waals surface area contributed by atoms with Gasteiger partial charge in [-0.2, -0.15) is 0 Å². The molecule has 2 aromatic carbocycles. The Kier molecular flexibility index (Phi) is 6.76. The molecule has 0 aliphatic heterocycles. The largest absolute Gasteiger partial charge is 0.408 e. The molecule has 182 valence electrons. The van der Waals surface area contributed by atoms with Gasteiger partial charge in [0.05, 0.1) is 10.5 Å². The summed E-state index contributed by atoms with van der Waals surface area (Å²) in [5.74, 6) is 0. The summed E-state index contributed by atoms with van der Waals surface area (Å²) in [6, 6.07) is 18.2. The fourth-order valence-corrected chi connectivity index (χ4v) is 5.76. The van der Waals surface area contributed by atoms with E-state index in [0.29, 0.717) is 22.0 Å². The summed E-state index contributed by atoms with van der Waals surface area (Å²) in [6.45, 7) is 10.8. The van der Waals surface area contributed by atoms with Crippen LogP contribution in [-0.2, 0) is 26.6 Å². The van der Waals surface area contributed by atoms with Crippen LogP contribution in [0, 0.1) is 0 Å². The number of aromatic nitrogens is 2. The van der Waals surface area contributed by atoms with Crippen molar-refractivity contribution in [2.24, 2.45) is 5.73 Å². The zero-order chi connectivity index (χ0) is 25.4. The second-order valence-electron chi connectivity index (χ2n) is 10.1. The van der Waals surface area contributed by atoms with Crippen molar-refractivity contribution in [1.29, 1.82) is 0 Å². The van der Waals surface area contributed by atoms with Crippen molar-refractivity contribution in [2.75, 3.05) is 0 Å². The van der Waals surface area contributed by atoms with Crippen LogP contribution in [-0.4, -0.2) is 27.1 Å². The van der Waals surface area contributed by atoms with Crippen molar-refractivity contribution in [2.45, 2.75) is 56.7 Å². The lowest BCUT2D eigenvalue weighted by Crippen LogP contribution is -2.27. The van der Waals surface area contributed by atoms with Gasteiger partial charge in [-0.15, -0.1) is 0 Å². The Morgan fingerprint density at radius 1 is 1.00 bits per heavy atom. The number of benzene rings is 2. The maximum Gasteiger partial charge on any atom is 0.269 e. The van der Waals surface area contributed by atoms with Crippen molar-refractivity contribution in [1.82, 2.24) is 8.96 Å². The first-order valence-electron chi connectivity index (χ1n) is 11.5. The van der Waals surface area contributed by atoms with Gasteiger partial charge in [-0.3, -0.25) is 0 Å². The van der Waals surface area contributed by atoms with Gasteiger partial charge >= 0.3 is 0 Å². The molecule has 2 N–H and O–H groups in total. The Morgan fingerprint density at radius 2 is 1.71 bits per heavy atom. The van der Waals surface area contributed by atoms with Gasteiger partial charge in [0.15, 0.2) is 5.65 Å². The molecular weight excluding hydrogens is 474 g/mol. The molecule has 6 nitrogen and oxygen atoms in total. The van der Waals surface area contributed by atoms with Crippen molar-refractivity contribution in [3.8, 4) is 11.1 Å². The van der Waals surface area contributed by atoms with E-state index >= 15 is 0 Å². The van der Waals surface area contributed by atoms with Crippen LogP contribution in [0.5, 0.6) is 0 Å². The molecule has 4 rings (SSSR count). The highest BCUT2D eigenvalue weighted by atomic mass is 32.2. The first-order valence-corrected chi connectivity index (χ1v) is 13.8. The second kappa shape index (κ2) is 9.35. The lowest BCUT2D eigenvalue weighted by Gasteiger charge is -2.29. The third-order valence-corrected chi connectivity index (χ3v) is 8.58. The minimum atomic E-state index is -3.85. The Hall–Kier alpha value is -2.78. The average molecular weight is 506 g/mol. The summed E-state index contributed by atoms with van der Waals surface area (Å²) < 4.78 is 34.8. The van der Waals surface area contributed by atoms with Crippen LogP contribution in [0.25, 0.3) is 22.2 Å². The normalized spacial score (nSPS) is 12.9. The molecule has 0 bridgehead atoms. The minimum absolute atomic E-state index is 0.0374. The van der Waals surface area contributed by atoms with Gasteiger partial charge in [-0.25, -0.2) is 17.4 Å². The summed E-state index contributed by atoms with van der Waals surface area (Å²) in [4.78, 5) is 4.86. The molecule has 35 heavy (non-hydrogen) atoms. The zero-order valence-electron chi connectivity index (χ0n) is 20.7. The fourth-order valence-electron chi connectivity index (χ4n) is 3.73. The molecular formula is C27H31N3O3SSi. The zero-order valence-corrected chi connectivity index (χ0v) is 22.6. The Labute approximate surface area is 210 Å². The molecule has 2 radical (unpaired) electrons. The maximum absolute atomic E-state index is 13.6. The van der Waals surface area contributed by atoms with Gasteiger partial charge in [0.25, 0.3) is 10.0 Å². The monoisotopic (exact) mass is 505 g/mol. The third-order valence-electron chi connectivity index (χ3n) is 5.69. The van der Waals surface area contributed by atoms with E-state index in [2.05, 4.69) is 25.8 Å². The molecule has 0 spiro atoms. The van der Waals surface area contributed by atoms with E-state index in [0.717, 1.165) is 27.6 Å². The predicted octanol–water partition coefficient (Wildman–Crippen LogP) is 5.49. The highest BCUT2D eigenvalue weighted by Crippen LogP contribution is 2.36. The van der Waals surface area contributed by atoms with E-state index in [1.54, 1.807) is 42.7 Å². The van der Waals surface area contributed by atoms with Crippen LogP contribution >= 0.6 is 0 Å². The summed E-state index contributed by atoms with van der Waals surface area (Å²) >= 11 is 0.